The van der Waals surface area contributed by atoms with Gasteiger partial charge in [-0.1, -0.05) is 26.2 Å². The van der Waals surface area contributed by atoms with Crippen LogP contribution >= 0.6 is 11.5 Å². The Bertz CT molecular complexity index is 536. The van der Waals surface area contributed by atoms with E-state index in [1.807, 2.05) is 6.92 Å². The molecule has 0 unspecified atom stereocenters. The van der Waals surface area contributed by atoms with Gasteiger partial charge in [-0.2, -0.15) is 4.37 Å². The SMILES string of the molecule is CCN(CC(=O)O)C1CCN(c2nc(C3CCCCC3)ns2)CC1. The maximum atomic E-state index is 11.0. The second kappa shape index (κ2) is 8.25. The third-order valence-corrected chi connectivity index (χ3v) is 6.19. The molecule has 7 heteroatoms. The lowest BCUT2D eigenvalue weighted by Gasteiger charge is -2.37. The molecule has 1 saturated heterocycles. The molecular weight excluding hydrogens is 324 g/mol. The molecule has 0 spiro atoms. The molecule has 1 aromatic heterocycles. The summed E-state index contributed by atoms with van der Waals surface area (Å²) >= 11 is 1.53. The summed E-state index contributed by atoms with van der Waals surface area (Å²) in [5.74, 6) is 0.880. The van der Waals surface area contributed by atoms with Crippen LogP contribution < -0.4 is 4.90 Å². The van der Waals surface area contributed by atoms with E-state index in [9.17, 15) is 4.79 Å². The molecule has 134 valence electrons. The Morgan fingerprint density at radius 1 is 1.25 bits per heavy atom. The number of carbonyl (C=O) groups is 1. The van der Waals surface area contributed by atoms with Gasteiger partial charge in [0.2, 0.25) is 5.13 Å². The zero-order valence-electron chi connectivity index (χ0n) is 14.5. The summed E-state index contributed by atoms with van der Waals surface area (Å²) in [6.07, 6.45) is 8.43. The average Bonchev–Trinajstić information content (AvgIpc) is 3.10. The molecule has 0 bridgehead atoms. The molecule has 1 aliphatic heterocycles. The number of piperidine rings is 1. The highest BCUT2D eigenvalue weighted by Gasteiger charge is 2.27. The first-order chi connectivity index (χ1) is 11.7. The van der Waals surface area contributed by atoms with Crippen molar-refractivity contribution in [3.8, 4) is 0 Å². The van der Waals surface area contributed by atoms with Gasteiger partial charge in [0.05, 0.1) is 6.54 Å². The van der Waals surface area contributed by atoms with Crippen molar-refractivity contribution in [1.82, 2.24) is 14.3 Å². The maximum Gasteiger partial charge on any atom is 0.317 e. The van der Waals surface area contributed by atoms with Crippen molar-refractivity contribution < 1.29 is 9.90 Å². The number of aromatic nitrogens is 2. The van der Waals surface area contributed by atoms with E-state index in [0.717, 1.165) is 43.4 Å². The summed E-state index contributed by atoms with van der Waals surface area (Å²) in [5.41, 5.74) is 0. The number of rotatable bonds is 6. The van der Waals surface area contributed by atoms with Gasteiger partial charge in [-0.3, -0.25) is 9.69 Å². The number of carboxylic acid groups (broad SMARTS) is 1. The first-order valence-corrected chi connectivity index (χ1v) is 9.99. The minimum absolute atomic E-state index is 0.145. The highest BCUT2D eigenvalue weighted by Crippen LogP contribution is 2.33. The van der Waals surface area contributed by atoms with Crippen LogP contribution in [-0.2, 0) is 4.79 Å². The van der Waals surface area contributed by atoms with Gasteiger partial charge < -0.3 is 10.0 Å². The van der Waals surface area contributed by atoms with E-state index in [-0.39, 0.29) is 6.54 Å². The molecule has 1 aromatic rings. The lowest BCUT2D eigenvalue weighted by Crippen LogP contribution is -2.46. The Hall–Kier alpha value is -1.21. The van der Waals surface area contributed by atoms with Crippen LogP contribution in [0.5, 0.6) is 0 Å². The van der Waals surface area contributed by atoms with Crippen LogP contribution in [0.15, 0.2) is 0 Å². The predicted molar refractivity (Wildman–Crippen MR) is 95.9 cm³/mol. The van der Waals surface area contributed by atoms with Crippen molar-refractivity contribution in [3.63, 3.8) is 0 Å². The summed E-state index contributed by atoms with van der Waals surface area (Å²) in [6, 6.07) is 0.369. The Kier molecular flexibility index (Phi) is 6.05. The fourth-order valence-corrected chi connectivity index (χ4v) is 4.77. The fraction of sp³-hybridized carbons (Fsp3) is 0.824. The molecule has 3 rings (SSSR count). The molecule has 2 aliphatic rings. The molecule has 1 aliphatic carbocycles. The average molecular weight is 353 g/mol. The fourth-order valence-electron chi connectivity index (χ4n) is 3.98. The number of anilines is 1. The maximum absolute atomic E-state index is 11.0. The van der Waals surface area contributed by atoms with Gasteiger partial charge in [-0.15, -0.1) is 0 Å². The normalized spacial score (nSPS) is 20.7. The lowest BCUT2D eigenvalue weighted by molar-refractivity contribution is -0.139. The molecule has 2 fully saturated rings. The number of hydrogen-bond donors (Lipinski definition) is 1. The second-order valence-electron chi connectivity index (χ2n) is 6.95. The van der Waals surface area contributed by atoms with Crippen molar-refractivity contribution >= 4 is 22.6 Å². The van der Waals surface area contributed by atoms with Crippen molar-refractivity contribution in [2.45, 2.75) is 63.8 Å². The number of likely N-dealkylation sites (N-methyl/N-ethyl adjacent to an activating group) is 1. The number of aliphatic carboxylic acids is 1. The van der Waals surface area contributed by atoms with Gasteiger partial charge in [0.1, 0.15) is 5.82 Å². The smallest absolute Gasteiger partial charge is 0.317 e. The van der Waals surface area contributed by atoms with Crippen molar-refractivity contribution in [1.29, 1.82) is 0 Å². The summed E-state index contributed by atoms with van der Waals surface area (Å²) < 4.78 is 4.63. The molecule has 0 radical (unpaired) electrons. The second-order valence-corrected chi connectivity index (χ2v) is 7.68. The van der Waals surface area contributed by atoms with Crippen molar-refractivity contribution in [3.05, 3.63) is 5.82 Å². The third-order valence-electron chi connectivity index (χ3n) is 5.40. The number of nitrogens with zero attached hydrogens (tertiary/aromatic N) is 4. The third kappa shape index (κ3) is 4.25. The standard InChI is InChI=1S/C17H28N4O2S/c1-2-20(12-15(22)23)14-8-10-21(11-9-14)17-18-16(19-24-17)13-6-4-3-5-7-13/h13-14H,2-12H2,1H3,(H,22,23). The van der Waals surface area contributed by atoms with Crippen LogP contribution in [0, 0.1) is 0 Å². The molecule has 0 atom stereocenters. The Morgan fingerprint density at radius 3 is 2.58 bits per heavy atom. The van der Waals surface area contributed by atoms with Gasteiger partial charge in [-0.25, -0.2) is 4.98 Å². The van der Waals surface area contributed by atoms with E-state index in [1.54, 1.807) is 0 Å². The van der Waals surface area contributed by atoms with Gasteiger partial charge in [0, 0.05) is 36.6 Å². The highest BCUT2D eigenvalue weighted by molar-refractivity contribution is 7.09. The zero-order chi connectivity index (χ0) is 16.9. The summed E-state index contributed by atoms with van der Waals surface area (Å²) in [5, 5.41) is 10.1. The van der Waals surface area contributed by atoms with Gasteiger partial charge >= 0.3 is 5.97 Å². The lowest BCUT2D eigenvalue weighted by atomic mass is 9.89. The molecule has 2 heterocycles. The van der Waals surface area contributed by atoms with Gasteiger partial charge in [0.25, 0.3) is 0 Å². The summed E-state index contributed by atoms with van der Waals surface area (Å²) in [4.78, 5) is 20.2. The van der Waals surface area contributed by atoms with Crippen LogP contribution in [0.2, 0.25) is 0 Å². The van der Waals surface area contributed by atoms with E-state index >= 15 is 0 Å². The highest BCUT2D eigenvalue weighted by atomic mass is 32.1. The first-order valence-electron chi connectivity index (χ1n) is 9.21. The van der Waals surface area contributed by atoms with Crippen molar-refractivity contribution in [2.75, 3.05) is 31.1 Å². The minimum Gasteiger partial charge on any atom is -0.480 e. The van der Waals surface area contributed by atoms with Crippen LogP contribution in [0.25, 0.3) is 0 Å². The monoisotopic (exact) mass is 352 g/mol. The van der Waals surface area contributed by atoms with E-state index in [1.165, 1.54) is 43.6 Å². The molecule has 24 heavy (non-hydrogen) atoms. The largest absolute Gasteiger partial charge is 0.480 e. The van der Waals surface area contributed by atoms with Crippen LogP contribution in [0.1, 0.15) is 63.6 Å². The quantitative estimate of drug-likeness (QED) is 0.849. The van der Waals surface area contributed by atoms with Crippen LogP contribution in [0.3, 0.4) is 0 Å². The van der Waals surface area contributed by atoms with Crippen LogP contribution in [-0.4, -0.2) is 57.6 Å². The topological polar surface area (TPSA) is 69.6 Å². The van der Waals surface area contributed by atoms with Gasteiger partial charge in [-0.05, 0) is 32.2 Å². The molecule has 0 amide bonds. The summed E-state index contributed by atoms with van der Waals surface area (Å²) in [7, 11) is 0. The molecule has 1 N–H and O–H groups in total. The van der Waals surface area contributed by atoms with E-state index in [0.29, 0.717) is 12.0 Å². The van der Waals surface area contributed by atoms with E-state index in [4.69, 9.17) is 10.1 Å². The number of hydrogen-bond acceptors (Lipinski definition) is 6. The number of carboxylic acids is 1. The van der Waals surface area contributed by atoms with Crippen LogP contribution in [0.4, 0.5) is 5.13 Å². The van der Waals surface area contributed by atoms with E-state index in [2.05, 4.69) is 14.2 Å². The Morgan fingerprint density at radius 2 is 1.96 bits per heavy atom. The zero-order valence-corrected chi connectivity index (χ0v) is 15.3. The predicted octanol–water partition coefficient (Wildman–Crippen LogP) is 2.96. The Labute approximate surface area is 148 Å². The minimum atomic E-state index is -0.736. The molecular formula is C17H28N4O2S. The van der Waals surface area contributed by atoms with Crippen molar-refractivity contribution in [2.24, 2.45) is 0 Å². The van der Waals surface area contributed by atoms with E-state index < -0.39 is 5.97 Å². The molecule has 1 saturated carbocycles. The summed E-state index contributed by atoms with van der Waals surface area (Å²) in [6.45, 7) is 4.87. The first kappa shape index (κ1) is 17.6. The van der Waals surface area contributed by atoms with Gasteiger partial charge in [0.15, 0.2) is 0 Å². The molecule has 6 nitrogen and oxygen atoms in total. The Balaban J connectivity index is 1.54. The molecule has 0 aromatic carbocycles.